The van der Waals surface area contributed by atoms with Crippen LogP contribution in [0.5, 0.6) is 0 Å². The van der Waals surface area contributed by atoms with Crippen molar-refractivity contribution in [3.8, 4) is 0 Å². The Kier molecular flexibility index (Phi) is 1.83. The predicted molar refractivity (Wildman–Crippen MR) is 51.0 cm³/mol. The van der Waals surface area contributed by atoms with Gasteiger partial charge in [-0.05, 0) is 18.9 Å². The van der Waals surface area contributed by atoms with Gasteiger partial charge in [-0.25, -0.2) is 0 Å². The molecule has 2 aliphatic heterocycles. The molecule has 3 atom stereocenters. The van der Waals surface area contributed by atoms with E-state index in [1.807, 2.05) is 0 Å². The van der Waals surface area contributed by atoms with Gasteiger partial charge in [0.15, 0.2) is 5.82 Å². The summed E-state index contributed by atoms with van der Waals surface area (Å²) in [6.07, 6.45) is 2.17. The highest BCUT2D eigenvalue weighted by Gasteiger charge is 2.41. The lowest BCUT2D eigenvalue weighted by molar-refractivity contribution is 0.288. The van der Waals surface area contributed by atoms with Crippen LogP contribution in [0, 0.1) is 5.92 Å². The normalized spacial score (nSPS) is 35.4. The summed E-state index contributed by atoms with van der Waals surface area (Å²) in [4.78, 5) is 6.92. The molecular formula is C10H15N3O. The summed E-state index contributed by atoms with van der Waals surface area (Å²) >= 11 is 0. The van der Waals surface area contributed by atoms with E-state index < -0.39 is 0 Å². The highest BCUT2D eigenvalue weighted by atomic mass is 16.5. The van der Waals surface area contributed by atoms with Crippen LogP contribution in [0.3, 0.4) is 0 Å². The first kappa shape index (κ1) is 8.41. The van der Waals surface area contributed by atoms with Crippen molar-refractivity contribution in [1.29, 1.82) is 0 Å². The summed E-state index contributed by atoms with van der Waals surface area (Å²) in [5.74, 6) is 2.99. The van der Waals surface area contributed by atoms with E-state index in [-0.39, 0.29) is 0 Å². The molecule has 0 N–H and O–H groups in total. The van der Waals surface area contributed by atoms with Crippen LogP contribution in [0.15, 0.2) is 4.52 Å². The number of rotatable bonds is 2. The van der Waals surface area contributed by atoms with Crippen LogP contribution >= 0.6 is 0 Å². The molecule has 0 aromatic carbocycles. The zero-order valence-corrected chi connectivity index (χ0v) is 8.44. The predicted octanol–water partition coefficient (Wildman–Crippen LogP) is 1.05. The smallest absolute Gasteiger partial charge is 0.231 e. The van der Waals surface area contributed by atoms with Crippen molar-refractivity contribution in [2.45, 2.75) is 25.7 Å². The average molecular weight is 193 g/mol. The molecule has 3 heterocycles. The standard InChI is InChI=1S/C10H15N3O/c1-2-9-11-10(14-12-9)8-6-13-4-3-7(8)5-13/h7-8H,2-6H2,1H3. The fourth-order valence-corrected chi connectivity index (χ4v) is 2.63. The maximum absolute atomic E-state index is 5.30. The van der Waals surface area contributed by atoms with Gasteiger partial charge in [-0.2, -0.15) is 4.98 Å². The quantitative estimate of drug-likeness (QED) is 0.704. The van der Waals surface area contributed by atoms with E-state index in [2.05, 4.69) is 22.0 Å². The molecule has 2 aliphatic rings. The van der Waals surface area contributed by atoms with Crippen molar-refractivity contribution in [3.63, 3.8) is 0 Å². The lowest BCUT2D eigenvalue weighted by atomic mass is 9.93. The molecule has 0 saturated carbocycles. The van der Waals surface area contributed by atoms with Gasteiger partial charge in [-0.3, -0.25) is 0 Å². The number of hydrogen-bond donors (Lipinski definition) is 0. The second kappa shape index (κ2) is 3.05. The summed E-state index contributed by atoms with van der Waals surface area (Å²) in [5, 5.41) is 3.96. The first-order valence-electron chi connectivity index (χ1n) is 5.41. The number of hydrogen-bond acceptors (Lipinski definition) is 4. The summed E-state index contributed by atoms with van der Waals surface area (Å²) < 4.78 is 5.30. The van der Waals surface area contributed by atoms with Crippen LogP contribution in [0.25, 0.3) is 0 Å². The Morgan fingerprint density at radius 3 is 3.00 bits per heavy atom. The van der Waals surface area contributed by atoms with Crippen LogP contribution in [-0.2, 0) is 6.42 Å². The molecular weight excluding hydrogens is 178 g/mol. The summed E-state index contributed by atoms with van der Waals surface area (Å²) in [6.45, 7) is 5.67. The summed E-state index contributed by atoms with van der Waals surface area (Å²) in [7, 11) is 0. The fraction of sp³-hybridized carbons (Fsp3) is 0.800. The largest absolute Gasteiger partial charge is 0.339 e. The monoisotopic (exact) mass is 193 g/mol. The van der Waals surface area contributed by atoms with Gasteiger partial charge < -0.3 is 9.42 Å². The van der Waals surface area contributed by atoms with Crippen molar-refractivity contribution < 1.29 is 4.52 Å². The van der Waals surface area contributed by atoms with E-state index in [4.69, 9.17) is 4.52 Å². The molecule has 2 saturated heterocycles. The molecule has 3 unspecified atom stereocenters. The van der Waals surface area contributed by atoms with Gasteiger partial charge >= 0.3 is 0 Å². The fourth-order valence-electron chi connectivity index (χ4n) is 2.63. The van der Waals surface area contributed by atoms with Crippen LogP contribution in [0.4, 0.5) is 0 Å². The van der Waals surface area contributed by atoms with Gasteiger partial charge in [0.25, 0.3) is 0 Å². The van der Waals surface area contributed by atoms with E-state index >= 15 is 0 Å². The number of aromatic nitrogens is 2. The Morgan fingerprint density at radius 1 is 1.50 bits per heavy atom. The Labute approximate surface area is 83.3 Å². The molecule has 1 aromatic rings. The van der Waals surface area contributed by atoms with Gasteiger partial charge in [0, 0.05) is 19.5 Å². The second-order valence-electron chi connectivity index (χ2n) is 4.32. The number of nitrogens with zero attached hydrogens (tertiary/aromatic N) is 3. The zero-order chi connectivity index (χ0) is 9.54. The summed E-state index contributed by atoms with van der Waals surface area (Å²) in [5.41, 5.74) is 0. The van der Waals surface area contributed by atoms with E-state index in [1.165, 1.54) is 19.5 Å². The Bertz CT molecular complexity index is 336. The average Bonchev–Trinajstić information content (AvgIpc) is 2.93. The third-order valence-electron chi connectivity index (χ3n) is 3.45. The minimum atomic E-state index is 0.511. The van der Waals surface area contributed by atoms with Crippen molar-refractivity contribution in [2.24, 2.45) is 5.92 Å². The topological polar surface area (TPSA) is 42.2 Å². The number of aryl methyl sites for hydroxylation is 1. The van der Waals surface area contributed by atoms with E-state index in [1.54, 1.807) is 0 Å². The molecule has 76 valence electrons. The molecule has 3 rings (SSSR count). The maximum Gasteiger partial charge on any atom is 0.231 e. The van der Waals surface area contributed by atoms with Crippen molar-refractivity contribution in [1.82, 2.24) is 15.0 Å². The van der Waals surface area contributed by atoms with Crippen LogP contribution in [0.1, 0.15) is 31.0 Å². The van der Waals surface area contributed by atoms with Crippen LogP contribution < -0.4 is 0 Å². The zero-order valence-electron chi connectivity index (χ0n) is 8.44. The molecule has 0 aliphatic carbocycles. The van der Waals surface area contributed by atoms with E-state index in [9.17, 15) is 0 Å². The first-order chi connectivity index (χ1) is 6.86. The molecule has 2 bridgehead atoms. The Hall–Kier alpha value is -0.900. The SMILES string of the molecule is CCc1noc(C2CN3CCC2C3)n1. The van der Waals surface area contributed by atoms with E-state index in [0.29, 0.717) is 5.92 Å². The molecule has 0 amide bonds. The molecule has 2 fully saturated rings. The molecule has 0 radical (unpaired) electrons. The third kappa shape index (κ3) is 1.17. The second-order valence-corrected chi connectivity index (χ2v) is 4.32. The van der Waals surface area contributed by atoms with Crippen LogP contribution in [-0.4, -0.2) is 34.7 Å². The van der Waals surface area contributed by atoms with E-state index in [0.717, 1.165) is 30.6 Å². The van der Waals surface area contributed by atoms with Crippen LogP contribution in [0.2, 0.25) is 0 Å². The van der Waals surface area contributed by atoms with Gasteiger partial charge in [0.2, 0.25) is 5.89 Å². The van der Waals surface area contributed by atoms with Gasteiger partial charge in [0.05, 0.1) is 5.92 Å². The third-order valence-corrected chi connectivity index (χ3v) is 3.45. The lowest BCUT2D eigenvalue weighted by Crippen LogP contribution is -2.22. The number of piperidine rings is 1. The van der Waals surface area contributed by atoms with Gasteiger partial charge in [-0.15, -0.1) is 0 Å². The molecule has 0 spiro atoms. The maximum atomic E-state index is 5.30. The Balaban J connectivity index is 1.82. The molecule has 4 heteroatoms. The van der Waals surface area contributed by atoms with Crippen molar-refractivity contribution in [3.05, 3.63) is 11.7 Å². The number of fused-ring (bicyclic) bond motifs is 2. The minimum absolute atomic E-state index is 0.511. The summed E-state index contributed by atoms with van der Waals surface area (Å²) in [6, 6.07) is 0. The first-order valence-corrected chi connectivity index (χ1v) is 5.41. The van der Waals surface area contributed by atoms with Gasteiger partial charge in [-0.1, -0.05) is 12.1 Å². The molecule has 14 heavy (non-hydrogen) atoms. The minimum Gasteiger partial charge on any atom is -0.339 e. The molecule has 4 nitrogen and oxygen atoms in total. The highest BCUT2D eigenvalue weighted by molar-refractivity contribution is 5.05. The van der Waals surface area contributed by atoms with Crippen molar-refractivity contribution in [2.75, 3.05) is 19.6 Å². The lowest BCUT2D eigenvalue weighted by Gasteiger charge is -2.17. The van der Waals surface area contributed by atoms with Gasteiger partial charge in [0.1, 0.15) is 0 Å². The molecule has 1 aromatic heterocycles. The van der Waals surface area contributed by atoms with Crippen molar-refractivity contribution >= 4 is 0 Å². The Morgan fingerprint density at radius 2 is 2.43 bits per heavy atom. The highest BCUT2D eigenvalue weighted by Crippen LogP contribution is 2.38.